The Hall–Kier alpha value is -3.94. The summed E-state index contributed by atoms with van der Waals surface area (Å²) in [4.78, 5) is 30.7. The molecule has 42 heavy (non-hydrogen) atoms. The number of nitrogens with zero attached hydrogens (tertiary/aromatic N) is 6. The van der Waals surface area contributed by atoms with Crippen LogP contribution in [0.4, 0.5) is 11.5 Å². The number of amides is 1. The van der Waals surface area contributed by atoms with E-state index in [0.29, 0.717) is 24.7 Å². The van der Waals surface area contributed by atoms with Gasteiger partial charge in [-0.3, -0.25) is 19.3 Å². The molecule has 2 atom stereocenters. The van der Waals surface area contributed by atoms with Gasteiger partial charge in [0.1, 0.15) is 5.69 Å². The molecule has 2 aliphatic rings. The Bertz CT molecular complexity index is 1480. The van der Waals surface area contributed by atoms with Crippen molar-refractivity contribution in [3.8, 4) is 5.88 Å². The third kappa shape index (κ3) is 6.42. The van der Waals surface area contributed by atoms with E-state index in [4.69, 9.17) is 9.73 Å². The molecule has 3 aromatic rings. The van der Waals surface area contributed by atoms with E-state index in [1.807, 2.05) is 59.4 Å². The van der Waals surface area contributed by atoms with Crippen LogP contribution in [0, 0.1) is 0 Å². The van der Waals surface area contributed by atoms with Crippen LogP contribution in [0.1, 0.15) is 39.7 Å². The van der Waals surface area contributed by atoms with Crippen molar-refractivity contribution in [1.29, 1.82) is 0 Å². The number of pyridine rings is 1. The largest absolute Gasteiger partial charge is 0.478 e. The molecule has 0 radical (unpaired) electrons. The van der Waals surface area contributed by atoms with Crippen molar-refractivity contribution in [3.63, 3.8) is 0 Å². The van der Waals surface area contributed by atoms with Gasteiger partial charge in [0.2, 0.25) is 5.91 Å². The fraction of sp³-hybridized carbons (Fsp3) is 0.517. The first-order chi connectivity index (χ1) is 20.1. The average molecular weight is 579 g/mol. The summed E-state index contributed by atoms with van der Waals surface area (Å²) < 4.78 is 7.05. The number of carbonyl (C=O) groups is 1. The molecule has 13 nitrogen and oxygen atoms in total. The topological polar surface area (TPSA) is 148 Å². The molecular formula is C29H42N10O3. The smallest absolute Gasteiger partial charge is 0.256 e. The Kier molecular flexibility index (Phi) is 8.53. The number of aliphatic imine (C=N–C) groups is 1. The predicted molar refractivity (Wildman–Crippen MR) is 164 cm³/mol. The number of H-pyrrole nitrogens is 1. The Labute approximate surface area is 246 Å². The van der Waals surface area contributed by atoms with Crippen LogP contribution in [0.15, 0.2) is 41.4 Å². The molecule has 0 bridgehead atoms. The molecular weight excluding hydrogens is 536 g/mol. The number of aryl methyl sites for hydroxylation is 1. The lowest BCUT2D eigenvalue weighted by Crippen LogP contribution is -2.55. The number of methoxy groups -OCH3 is 1. The Morgan fingerprint density at radius 3 is 2.74 bits per heavy atom. The van der Waals surface area contributed by atoms with Crippen LogP contribution in [0.2, 0.25) is 0 Å². The lowest BCUT2D eigenvalue weighted by atomic mass is 10.0. The molecule has 3 aromatic heterocycles. The summed E-state index contributed by atoms with van der Waals surface area (Å²) in [5.41, 5.74) is 3.45. The molecule has 5 heterocycles. The monoisotopic (exact) mass is 578 g/mol. The van der Waals surface area contributed by atoms with Crippen LogP contribution in [-0.2, 0) is 11.8 Å². The maximum Gasteiger partial charge on any atom is 0.256 e. The number of aromatic amines is 1. The summed E-state index contributed by atoms with van der Waals surface area (Å²) in [6, 6.07) is 1.66. The van der Waals surface area contributed by atoms with Crippen molar-refractivity contribution < 1.29 is 14.6 Å². The third-order valence-electron chi connectivity index (χ3n) is 7.62. The minimum absolute atomic E-state index is 0.0745. The third-order valence-corrected chi connectivity index (χ3v) is 7.62. The highest BCUT2D eigenvalue weighted by atomic mass is 16.5. The van der Waals surface area contributed by atoms with Crippen molar-refractivity contribution in [3.05, 3.63) is 42.0 Å². The Morgan fingerprint density at radius 1 is 1.29 bits per heavy atom. The van der Waals surface area contributed by atoms with E-state index in [2.05, 4.69) is 40.8 Å². The maximum absolute atomic E-state index is 13.5. The van der Waals surface area contributed by atoms with Gasteiger partial charge in [-0.05, 0) is 38.8 Å². The first kappa shape index (κ1) is 29.5. The molecule has 1 fully saturated rings. The number of hydrogen-bond acceptors (Lipinski definition) is 10. The molecule has 2 unspecified atom stereocenters. The fourth-order valence-corrected chi connectivity index (χ4v) is 5.70. The van der Waals surface area contributed by atoms with Crippen LogP contribution in [0.3, 0.4) is 0 Å². The molecule has 1 saturated heterocycles. The van der Waals surface area contributed by atoms with E-state index in [-0.39, 0.29) is 11.9 Å². The van der Waals surface area contributed by atoms with Gasteiger partial charge in [-0.2, -0.15) is 0 Å². The maximum atomic E-state index is 13.5. The van der Waals surface area contributed by atoms with Crippen molar-refractivity contribution in [1.82, 2.24) is 34.9 Å². The van der Waals surface area contributed by atoms with Crippen molar-refractivity contribution >= 4 is 34.0 Å². The zero-order valence-corrected chi connectivity index (χ0v) is 25.2. The first-order valence-electron chi connectivity index (χ1n) is 14.4. The first-order valence-corrected chi connectivity index (χ1v) is 14.4. The molecule has 0 aromatic carbocycles. The normalized spacial score (nSPS) is 19.2. The lowest BCUT2D eigenvalue weighted by Gasteiger charge is -2.40. The second-order valence-corrected chi connectivity index (χ2v) is 11.6. The molecule has 0 spiro atoms. The summed E-state index contributed by atoms with van der Waals surface area (Å²) >= 11 is 0. The van der Waals surface area contributed by atoms with E-state index in [0.717, 1.165) is 59.6 Å². The number of allylic oxidation sites excluding steroid dienone is 1. The number of rotatable bonds is 10. The SMILES string of the molecule is CCC(C(=O)Nc1nccc2c(C3=NC(Nc4cn(C)nc4OC)NC=C3C)c[nH]c12)N1CCN(CC(C)(C)O)CC1. The zero-order valence-electron chi connectivity index (χ0n) is 25.2. The molecule has 0 saturated carbocycles. The second-order valence-electron chi connectivity index (χ2n) is 11.6. The van der Waals surface area contributed by atoms with Gasteiger partial charge in [-0.25, -0.2) is 9.98 Å². The predicted octanol–water partition coefficient (Wildman–Crippen LogP) is 2.10. The van der Waals surface area contributed by atoms with Crippen LogP contribution >= 0.6 is 0 Å². The Balaban J connectivity index is 1.32. The molecule has 1 amide bonds. The molecule has 0 aliphatic carbocycles. The Morgan fingerprint density at radius 2 is 2.05 bits per heavy atom. The number of anilines is 2. The summed E-state index contributed by atoms with van der Waals surface area (Å²) in [5.74, 6) is 0.908. The number of hydrogen-bond donors (Lipinski definition) is 5. The highest BCUT2D eigenvalue weighted by Gasteiger charge is 2.30. The van der Waals surface area contributed by atoms with Crippen LogP contribution in [0.5, 0.6) is 5.88 Å². The highest BCUT2D eigenvalue weighted by Crippen LogP contribution is 2.28. The molecule has 5 N–H and O–H groups in total. The number of ether oxygens (including phenoxy) is 1. The van der Waals surface area contributed by atoms with Crippen LogP contribution in [0.25, 0.3) is 10.9 Å². The molecule has 13 heteroatoms. The number of aromatic nitrogens is 4. The van der Waals surface area contributed by atoms with E-state index >= 15 is 0 Å². The number of aliphatic hydroxyl groups is 1. The van der Waals surface area contributed by atoms with Gasteiger partial charge in [0, 0.05) is 69.3 Å². The quantitative estimate of drug-likeness (QED) is 0.244. The number of piperazine rings is 1. The molecule has 226 valence electrons. The summed E-state index contributed by atoms with van der Waals surface area (Å²) in [7, 11) is 3.42. The van der Waals surface area contributed by atoms with Gasteiger partial charge in [-0.15, -0.1) is 5.10 Å². The molecule has 5 rings (SSSR count). The lowest BCUT2D eigenvalue weighted by molar-refractivity contribution is -0.122. The second kappa shape index (κ2) is 12.1. The minimum atomic E-state index is -0.735. The van der Waals surface area contributed by atoms with E-state index in [1.165, 1.54) is 0 Å². The van der Waals surface area contributed by atoms with Gasteiger partial charge >= 0.3 is 0 Å². The summed E-state index contributed by atoms with van der Waals surface area (Å²) in [5, 5.41) is 25.1. The minimum Gasteiger partial charge on any atom is -0.478 e. The number of fused-ring (bicyclic) bond motifs is 1. The fourth-order valence-electron chi connectivity index (χ4n) is 5.70. The van der Waals surface area contributed by atoms with E-state index in [9.17, 15) is 9.90 Å². The standard InChI is InChI=1S/C29H42N10O3/c1-7-22(39-12-10-38(11-13-39)17-29(3,4)41)26(40)35-25-24-19(8-9-30-25)20(15-31-24)23-18(2)14-32-28(34-23)33-21-16-37(5)36-27(21)42-6/h8-9,14-16,22,28,31-33,41H,7,10-13,17H2,1-6H3,(H,30,35,40). The van der Waals surface area contributed by atoms with Crippen molar-refractivity contribution in [2.75, 3.05) is 50.5 Å². The number of nitrogens with one attached hydrogen (secondary N) is 4. The average Bonchev–Trinajstić information content (AvgIpc) is 3.53. The number of carbonyl (C=O) groups excluding carboxylic acids is 1. The van der Waals surface area contributed by atoms with Crippen molar-refractivity contribution in [2.24, 2.45) is 12.0 Å². The van der Waals surface area contributed by atoms with Gasteiger partial charge in [-0.1, -0.05) is 6.92 Å². The highest BCUT2D eigenvalue weighted by molar-refractivity contribution is 6.20. The molecule has 2 aliphatic heterocycles. The van der Waals surface area contributed by atoms with Gasteiger partial charge in [0.15, 0.2) is 12.1 Å². The number of β-amino-alcohol motifs (C(OH)–C–C–N with tert-alkyl or cyclic N) is 1. The summed E-state index contributed by atoms with van der Waals surface area (Å²) in [6.45, 7) is 11.5. The van der Waals surface area contributed by atoms with Gasteiger partial charge in [0.25, 0.3) is 5.88 Å². The van der Waals surface area contributed by atoms with Gasteiger partial charge in [0.05, 0.1) is 36.2 Å². The van der Waals surface area contributed by atoms with Gasteiger partial charge < -0.3 is 30.8 Å². The van der Waals surface area contributed by atoms with Crippen molar-refractivity contribution in [2.45, 2.75) is 52.0 Å². The summed E-state index contributed by atoms with van der Waals surface area (Å²) in [6.07, 6.45) is 7.65. The van der Waals surface area contributed by atoms with Crippen LogP contribution < -0.4 is 20.7 Å². The van der Waals surface area contributed by atoms with E-state index < -0.39 is 11.9 Å². The van der Waals surface area contributed by atoms with Crippen LogP contribution in [-0.4, -0.2) is 104 Å². The van der Waals surface area contributed by atoms with E-state index in [1.54, 1.807) is 18.0 Å². The zero-order chi connectivity index (χ0) is 30.0.